The Hall–Kier alpha value is -3.31. The van der Waals surface area contributed by atoms with Gasteiger partial charge in [-0.05, 0) is 53.9 Å². The smallest absolute Gasteiger partial charge is 0.272 e. The molecule has 5 nitrogen and oxygen atoms in total. The maximum absolute atomic E-state index is 12.2. The lowest BCUT2D eigenvalue weighted by molar-refractivity contribution is 0.0955. The molecule has 0 fully saturated rings. The zero-order chi connectivity index (χ0) is 20.6. The third-order valence-electron chi connectivity index (χ3n) is 4.17. The molecule has 0 unspecified atom stereocenters. The van der Waals surface area contributed by atoms with Gasteiger partial charge in [0.1, 0.15) is 6.61 Å². The summed E-state index contributed by atoms with van der Waals surface area (Å²) in [4.78, 5) is 12.2. The molecule has 3 aromatic carbocycles. The van der Waals surface area contributed by atoms with Gasteiger partial charge in [0.15, 0.2) is 11.5 Å². The average Bonchev–Trinajstić information content (AvgIpc) is 2.73. The van der Waals surface area contributed by atoms with Gasteiger partial charge in [-0.1, -0.05) is 48.0 Å². The van der Waals surface area contributed by atoms with E-state index >= 15 is 0 Å². The molecule has 148 valence electrons. The Morgan fingerprint density at radius 1 is 1.07 bits per heavy atom. The molecule has 0 atom stereocenters. The predicted molar refractivity (Wildman–Crippen MR) is 115 cm³/mol. The summed E-state index contributed by atoms with van der Waals surface area (Å²) in [5, 5.41) is 4.39. The Labute approximate surface area is 174 Å². The molecule has 0 saturated carbocycles. The van der Waals surface area contributed by atoms with Gasteiger partial charge in [-0.15, -0.1) is 0 Å². The molecule has 6 heteroatoms. The van der Waals surface area contributed by atoms with Gasteiger partial charge in [0, 0.05) is 0 Å². The van der Waals surface area contributed by atoms with Crippen molar-refractivity contribution in [2.24, 2.45) is 5.10 Å². The number of nitrogens with one attached hydrogen (secondary N) is 1. The summed E-state index contributed by atoms with van der Waals surface area (Å²) in [6.07, 6.45) is 1.53. The van der Waals surface area contributed by atoms with Gasteiger partial charge in [-0.2, -0.15) is 5.10 Å². The van der Waals surface area contributed by atoms with Crippen LogP contribution in [0.4, 0.5) is 0 Å². The number of aryl methyl sites for hydroxylation is 1. The average molecular weight is 409 g/mol. The molecule has 0 aliphatic heterocycles. The number of hydrogen-bond acceptors (Lipinski definition) is 4. The van der Waals surface area contributed by atoms with Crippen LogP contribution in [-0.2, 0) is 6.61 Å². The summed E-state index contributed by atoms with van der Waals surface area (Å²) in [7, 11) is 1.58. The molecule has 29 heavy (non-hydrogen) atoms. The van der Waals surface area contributed by atoms with E-state index in [1.165, 1.54) is 6.21 Å². The molecule has 0 heterocycles. The van der Waals surface area contributed by atoms with Crippen molar-refractivity contribution < 1.29 is 14.3 Å². The predicted octanol–water partition coefficient (Wildman–Crippen LogP) is 5.00. The van der Waals surface area contributed by atoms with Crippen molar-refractivity contribution in [3.8, 4) is 11.5 Å². The normalized spacial score (nSPS) is 10.7. The fourth-order valence-electron chi connectivity index (χ4n) is 2.65. The second kappa shape index (κ2) is 9.75. The van der Waals surface area contributed by atoms with Crippen LogP contribution in [0, 0.1) is 6.92 Å². The van der Waals surface area contributed by atoms with E-state index in [1.54, 1.807) is 25.3 Å². The Bertz CT molecular complexity index is 1020. The zero-order valence-corrected chi connectivity index (χ0v) is 16.9. The number of carbonyl (C=O) groups is 1. The molecular weight excluding hydrogens is 388 g/mol. The number of methoxy groups -OCH3 is 1. The SMILES string of the molecule is COc1cc(C=NNC(=O)c2ccc(C)cc2Cl)ccc1OCc1ccccc1. The summed E-state index contributed by atoms with van der Waals surface area (Å²) >= 11 is 6.11. The van der Waals surface area contributed by atoms with Crippen LogP contribution < -0.4 is 14.9 Å². The minimum atomic E-state index is -0.374. The zero-order valence-electron chi connectivity index (χ0n) is 16.2. The molecular formula is C23H21ClN2O3. The standard InChI is InChI=1S/C23H21ClN2O3/c1-16-8-10-19(20(24)12-16)23(27)26-25-14-18-9-11-21(22(13-18)28-2)29-15-17-6-4-3-5-7-17/h3-14H,15H2,1-2H3,(H,26,27). The van der Waals surface area contributed by atoms with Crippen molar-refractivity contribution in [1.29, 1.82) is 0 Å². The first-order valence-electron chi connectivity index (χ1n) is 9.01. The molecule has 0 aliphatic carbocycles. The Kier molecular flexibility index (Phi) is 6.87. The second-order valence-corrected chi connectivity index (χ2v) is 6.77. The van der Waals surface area contributed by atoms with Gasteiger partial charge in [-0.3, -0.25) is 4.79 Å². The van der Waals surface area contributed by atoms with Crippen molar-refractivity contribution in [2.45, 2.75) is 13.5 Å². The van der Waals surface area contributed by atoms with Gasteiger partial charge >= 0.3 is 0 Å². The van der Waals surface area contributed by atoms with E-state index in [0.29, 0.717) is 28.7 Å². The third kappa shape index (κ3) is 5.59. The van der Waals surface area contributed by atoms with Crippen LogP contribution in [0.1, 0.15) is 27.0 Å². The number of ether oxygens (including phenoxy) is 2. The lowest BCUT2D eigenvalue weighted by Crippen LogP contribution is -2.18. The van der Waals surface area contributed by atoms with Crippen molar-refractivity contribution in [3.63, 3.8) is 0 Å². The van der Waals surface area contributed by atoms with Gasteiger partial charge in [-0.25, -0.2) is 5.43 Å². The van der Waals surface area contributed by atoms with Crippen LogP contribution in [0.15, 0.2) is 71.8 Å². The molecule has 0 aliphatic rings. The van der Waals surface area contributed by atoms with Crippen LogP contribution in [-0.4, -0.2) is 19.2 Å². The van der Waals surface area contributed by atoms with Crippen molar-refractivity contribution in [2.75, 3.05) is 7.11 Å². The Morgan fingerprint density at radius 2 is 1.86 bits per heavy atom. The van der Waals surface area contributed by atoms with E-state index in [4.69, 9.17) is 21.1 Å². The van der Waals surface area contributed by atoms with Crippen molar-refractivity contribution >= 4 is 23.7 Å². The summed E-state index contributed by atoms with van der Waals surface area (Å²) in [5.41, 5.74) is 5.66. The van der Waals surface area contributed by atoms with Crippen LogP contribution in [0.5, 0.6) is 11.5 Å². The van der Waals surface area contributed by atoms with Crippen LogP contribution >= 0.6 is 11.6 Å². The Balaban J connectivity index is 1.64. The molecule has 0 aromatic heterocycles. The first kappa shape index (κ1) is 20.4. The quantitative estimate of drug-likeness (QED) is 0.442. The molecule has 1 amide bonds. The van der Waals surface area contributed by atoms with E-state index in [0.717, 1.165) is 16.7 Å². The highest BCUT2D eigenvalue weighted by molar-refractivity contribution is 6.33. The minimum Gasteiger partial charge on any atom is -0.493 e. The van der Waals surface area contributed by atoms with Gasteiger partial charge < -0.3 is 9.47 Å². The summed E-state index contributed by atoms with van der Waals surface area (Å²) in [6, 6.07) is 20.5. The first-order chi connectivity index (χ1) is 14.1. The summed E-state index contributed by atoms with van der Waals surface area (Å²) in [6.45, 7) is 2.35. The molecule has 0 bridgehead atoms. The molecule has 0 spiro atoms. The highest BCUT2D eigenvalue weighted by Crippen LogP contribution is 2.28. The molecule has 0 saturated heterocycles. The molecule has 3 rings (SSSR count). The number of amides is 1. The fourth-order valence-corrected chi connectivity index (χ4v) is 2.97. The van der Waals surface area contributed by atoms with Crippen LogP contribution in [0.2, 0.25) is 5.02 Å². The lowest BCUT2D eigenvalue weighted by Gasteiger charge is -2.11. The van der Waals surface area contributed by atoms with Gasteiger partial charge in [0.05, 0.1) is 23.9 Å². The second-order valence-electron chi connectivity index (χ2n) is 6.37. The van der Waals surface area contributed by atoms with Crippen molar-refractivity contribution in [1.82, 2.24) is 5.43 Å². The summed E-state index contributed by atoms with van der Waals surface area (Å²) in [5.74, 6) is 0.836. The Morgan fingerprint density at radius 3 is 2.59 bits per heavy atom. The minimum absolute atomic E-state index is 0.372. The lowest BCUT2D eigenvalue weighted by atomic mass is 10.1. The van der Waals surface area contributed by atoms with E-state index in [1.807, 2.05) is 55.5 Å². The van der Waals surface area contributed by atoms with E-state index in [2.05, 4.69) is 10.5 Å². The van der Waals surface area contributed by atoms with Gasteiger partial charge in [0.25, 0.3) is 5.91 Å². The van der Waals surface area contributed by atoms with E-state index < -0.39 is 0 Å². The van der Waals surface area contributed by atoms with E-state index in [9.17, 15) is 4.79 Å². The number of hydrazone groups is 1. The van der Waals surface area contributed by atoms with Crippen molar-refractivity contribution in [3.05, 3.63) is 94.0 Å². The third-order valence-corrected chi connectivity index (χ3v) is 4.49. The number of carbonyl (C=O) groups excluding carboxylic acids is 1. The van der Waals surface area contributed by atoms with Gasteiger partial charge in [0.2, 0.25) is 0 Å². The molecule has 3 aromatic rings. The van der Waals surface area contributed by atoms with E-state index in [-0.39, 0.29) is 5.91 Å². The monoisotopic (exact) mass is 408 g/mol. The van der Waals surface area contributed by atoms with Crippen LogP contribution in [0.25, 0.3) is 0 Å². The largest absolute Gasteiger partial charge is 0.493 e. The fraction of sp³-hybridized carbons (Fsp3) is 0.130. The maximum Gasteiger partial charge on any atom is 0.272 e. The highest BCUT2D eigenvalue weighted by Gasteiger charge is 2.09. The number of nitrogens with zero attached hydrogens (tertiary/aromatic N) is 1. The van der Waals surface area contributed by atoms with Crippen LogP contribution in [0.3, 0.4) is 0 Å². The number of benzene rings is 3. The molecule has 1 N–H and O–H groups in total. The highest BCUT2D eigenvalue weighted by atomic mass is 35.5. The first-order valence-corrected chi connectivity index (χ1v) is 9.39. The number of halogens is 1. The maximum atomic E-state index is 12.2. The summed E-state index contributed by atoms with van der Waals surface area (Å²) < 4.78 is 11.2. The number of hydrogen-bond donors (Lipinski definition) is 1. The number of rotatable bonds is 7. The molecule has 0 radical (unpaired) electrons. The topological polar surface area (TPSA) is 59.9 Å².